The summed E-state index contributed by atoms with van der Waals surface area (Å²) in [4.78, 5) is 0. The molecule has 0 aliphatic rings. The van der Waals surface area contributed by atoms with Crippen molar-refractivity contribution in [1.29, 1.82) is 0 Å². The maximum absolute atomic E-state index is 5.44. The Morgan fingerprint density at radius 1 is 0.833 bits per heavy atom. The highest BCUT2D eigenvalue weighted by molar-refractivity contribution is 6.60. The largest absolute Gasteiger partial charge is 1.00 e. The molecule has 0 bridgehead atoms. The highest BCUT2D eigenvalue weighted by atomic mass is 79.9. The number of nitrogens with zero attached hydrogens (tertiary/aromatic N) is 1. The van der Waals surface area contributed by atoms with Gasteiger partial charge in [0.2, 0.25) is 0 Å². The van der Waals surface area contributed by atoms with Gasteiger partial charge in [0, 0.05) is 33.8 Å². The molecule has 0 fully saturated rings. The summed E-state index contributed by atoms with van der Waals surface area (Å²) in [6.45, 7) is 11.5. The summed E-state index contributed by atoms with van der Waals surface area (Å²) in [6, 6.07) is 0.899. The van der Waals surface area contributed by atoms with Crippen LogP contribution in [0.3, 0.4) is 0 Å². The lowest BCUT2D eigenvalue weighted by molar-refractivity contribution is -0.923. The summed E-state index contributed by atoms with van der Waals surface area (Å²) in [5.74, 6) is 0. The number of rotatable bonds is 10. The van der Waals surface area contributed by atoms with Gasteiger partial charge >= 0.3 is 8.80 Å². The van der Waals surface area contributed by atoms with E-state index >= 15 is 0 Å². The van der Waals surface area contributed by atoms with Gasteiger partial charge in [-0.2, -0.15) is 0 Å². The van der Waals surface area contributed by atoms with Crippen molar-refractivity contribution in [3.05, 3.63) is 0 Å². The predicted octanol–water partition coefficient (Wildman–Crippen LogP) is -0.865. The molecule has 6 heteroatoms. The number of hydrogen-bond donors (Lipinski definition) is 0. The molecule has 0 unspecified atom stereocenters. The van der Waals surface area contributed by atoms with Crippen molar-refractivity contribution in [3.63, 3.8) is 0 Å². The van der Waals surface area contributed by atoms with Gasteiger partial charge in [0.05, 0.1) is 26.2 Å². The Kier molecular flexibility index (Phi) is 12.0. The number of hydrogen-bond acceptors (Lipinski definition) is 3. The van der Waals surface area contributed by atoms with Gasteiger partial charge in [-0.1, -0.05) is 0 Å². The first-order valence-corrected chi connectivity index (χ1v) is 8.51. The summed E-state index contributed by atoms with van der Waals surface area (Å²) in [5, 5.41) is 0. The van der Waals surface area contributed by atoms with Crippen LogP contribution >= 0.6 is 0 Å². The van der Waals surface area contributed by atoms with Gasteiger partial charge in [-0.05, 0) is 20.8 Å². The zero-order valence-electron chi connectivity index (χ0n) is 12.8. The van der Waals surface area contributed by atoms with E-state index < -0.39 is 8.80 Å². The van der Waals surface area contributed by atoms with Crippen LogP contribution in [-0.4, -0.2) is 60.8 Å². The smallest absolute Gasteiger partial charge is 0.500 e. The molecule has 0 atom stereocenters. The van der Waals surface area contributed by atoms with Gasteiger partial charge in [-0.25, -0.2) is 0 Å². The van der Waals surface area contributed by atoms with Crippen LogP contribution in [0.2, 0.25) is 6.04 Å². The topological polar surface area (TPSA) is 27.7 Å². The maximum atomic E-state index is 5.44. The van der Waals surface area contributed by atoms with Gasteiger partial charge in [-0.3, -0.25) is 0 Å². The van der Waals surface area contributed by atoms with Crippen LogP contribution in [-0.2, 0) is 13.3 Å². The van der Waals surface area contributed by atoms with Gasteiger partial charge in [-0.15, -0.1) is 0 Å². The molecule has 0 aromatic carbocycles. The predicted molar refractivity (Wildman–Crippen MR) is 73.0 cm³/mol. The molecule has 0 aromatic heterocycles. The fourth-order valence-corrected chi connectivity index (χ4v) is 4.04. The molecule has 0 aliphatic carbocycles. The molecule has 18 heavy (non-hydrogen) atoms. The van der Waals surface area contributed by atoms with Gasteiger partial charge in [0.1, 0.15) is 0 Å². The third-order valence-corrected chi connectivity index (χ3v) is 6.89. The lowest BCUT2D eigenvalue weighted by atomic mass is 10.3. The van der Waals surface area contributed by atoms with Gasteiger partial charge in [0.25, 0.3) is 0 Å². The molecule has 0 aromatic rings. The minimum atomic E-state index is -2.37. The van der Waals surface area contributed by atoms with Crippen molar-refractivity contribution >= 4 is 8.80 Å². The van der Waals surface area contributed by atoms with E-state index in [0.717, 1.165) is 12.5 Å². The Bertz CT molecular complexity index is 163. The van der Waals surface area contributed by atoms with Gasteiger partial charge < -0.3 is 34.7 Å². The molecular weight excluding hydrogens is 314 g/mol. The molecule has 0 spiro atoms. The van der Waals surface area contributed by atoms with Crippen molar-refractivity contribution in [1.82, 2.24) is 0 Å². The highest BCUT2D eigenvalue weighted by Crippen LogP contribution is 2.17. The quantitative estimate of drug-likeness (QED) is 0.381. The Morgan fingerprint density at radius 2 is 1.22 bits per heavy atom. The maximum Gasteiger partial charge on any atom is 0.500 e. The van der Waals surface area contributed by atoms with Crippen LogP contribution < -0.4 is 17.0 Å². The summed E-state index contributed by atoms with van der Waals surface area (Å²) >= 11 is 0. The Morgan fingerprint density at radius 3 is 1.50 bits per heavy atom. The summed E-state index contributed by atoms with van der Waals surface area (Å²) < 4.78 is 17.5. The molecule has 4 nitrogen and oxygen atoms in total. The average molecular weight is 344 g/mol. The second-order valence-corrected chi connectivity index (χ2v) is 7.50. The fourth-order valence-electron chi connectivity index (χ4n) is 2.33. The van der Waals surface area contributed by atoms with Crippen LogP contribution in [0.5, 0.6) is 0 Å². The third-order valence-electron chi connectivity index (χ3n) is 4.06. The highest BCUT2D eigenvalue weighted by Gasteiger charge is 2.38. The third kappa shape index (κ3) is 5.67. The van der Waals surface area contributed by atoms with E-state index in [0.29, 0.717) is 0 Å². The molecule has 0 heterocycles. The first-order valence-electron chi connectivity index (χ1n) is 6.58. The monoisotopic (exact) mass is 343 g/mol. The van der Waals surface area contributed by atoms with Crippen LogP contribution in [0.1, 0.15) is 27.2 Å². The average Bonchev–Trinajstić information content (AvgIpc) is 2.41. The minimum absolute atomic E-state index is 0. The van der Waals surface area contributed by atoms with Crippen LogP contribution in [0.15, 0.2) is 0 Å². The molecule has 0 radical (unpaired) electrons. The van der Waals surface area contributed by atoms with Crippen molar-refractivity contribution in [3.8, 4) is 0 Å². The van der Waals surface area contributed by atoms with E-state index in [2.05, 4.69) is 20.8 Å². The first kappa shape index (κ1) is 20.8. The second kappa shape index (κ2) is 10.3. The molecular formula is C12H30BrNO3Si. The zero-order chi connectivity index (χ0) is 13.4. The molecule has 0 rings (SSSR count). The van der Waals surface area contributed by atoms with Crippen molar-refractivity contribution in [2.24, 2.45) is 0 Å². The lowest BCUT2D eigenvalue weighted by Gasteiger charge is -2.36. The van der Waals surface area contributed by atoms with Gasteiger partial charge in [0.15, 0.2) is 0 Å². The van der Waals surface area contributed by atoms with Crippen molar-refractivity contribution in [2.45, 2.75) is 33.2 Å². The second-order valence-electron chi connectivity index (χ2n) is 4.41. The van der Waals surface area contributed by atoms with E-state index in [1.165, 1.54) is 30.7 Å². The van der Waals surface area contributed by atoms with E-state index in [1.54, 1.807) is 21.3 Å². The molecule has 0 saturated heterocycles. The van der Waals surface area contributed by atoms with Crippen LogP contribution in [0, 0.1) is 0 Å². The molecule has 112 valence electrons. The first-order chi connectivity index (χ1) is 8.07. The molecule has 0 N–H and O–H groups in total. The van der Waals surface area contributed by atoms with Crippen molar-refractivity contribution < 1.29 is 34.7 Å². The summed E-state index contributed by atoms with van der Waals surface area (Å²) in [7, 11) is 2.68. The lowest BCUT2D eigenvalue weighted by Crippen LogP contribution is -3.00. The van der Waals surface area contributed by atoms with Crippen molar-refractivity contribution in [2.75, 3.05) is 47.5 Å². The van der Waals surface area contributed by atoms with E-state index in [-0.39, 0.29) is 17.0 Å². The number of halogens is 1. The Hall–Kier alpha value is 0.537. The summed E-state index contributed by atoms with van der Waals surface area (Å²) in [6.07, 6.45) is 1.09. The Balaban J connectivity index is 0. The molecule has 0 aliphatic heterocycles. The fraction of sp³-hybridized carbons (Fsp3) is 1.00. The normalized spacial score (nSPS) is 12.3. The van der Waals surface area contributed by atoms with Crippen LogP contribution in [0.4, 0.5) is 0 Å². The van der Waals surface area contributed by atoms with E-state index in [9.17, 15) is 0 Å². The number of quaternary nitrogens is 1. The minimum Gasteiger partial charge on any atom is -1.00 e. The van der Waals surface area contributed by atoms with E-state index in [4.69, 9.17) is 13.3 Å². The SMILES string of the molecule is CC[N+](CC)(CC)CCC[Si](OC)(OC)OC.[Br-]. The van der Waals surface area contributed by atoms with Crippen LogP contribution in [0.25, 0.3) is 0 Å². The molecule has 0 saturated carbocycles. The Labute approximate surface area is 124 Å². The summed E-state index contributed by atoms with van der Waals surface area (Å²) in [5.41, 5.74) is 0. The zero-order valence-corrected chi connectivity index (χ0v) is 15.4. The molecule has 0 amide bonds. The standard InChI is InChI=1S/C12H30NO3Si.BrH/c1-7-13(8-2,9-3)11-10-12-17(14-4,15-5)16-6;/h7-12H2,1-6H3;1H/q+1;/p-1. The van der Waals surface area contributed by atoms with E-state index in [1.807, 2.05) is 0 Å².